The lowest BCUT2D eigenvalue weighted by Crippen LogP contribution is -2.33. The number of fused-ring (bicyclic) bond motifs is 1. The van der Waals surface area contributed by atoms with Crippen LogP contribution in [-0.2, 0) is 10.0 Å². The Labute approximate surface area is 194 Å². The van der Waals surface area contributed by atoms with Crippen molar-refractivity contribution in [2.24, 2.45) is 0 Å². The molecule has 0 saturated carbocycles. The Balaban J connectivity index is 1.90. The predicted molar refractivity (Wildman–Crippen MR) is 131 cm³/mol. The van der Waals surface area contributed by atoms with E-state index in [9.17, 15) is 13.2 Å². The molecule has 2 aromatic carbocycles. The van der Waals surface area contributed by atoms with E-state index in [1.807, 2.05) is 52.2 Å². The monoisotopic (exact) mass is 474 g/mol. The highest BCUT2D eigenvalue weighted by atomic mass is 32.2. The predicted octanol–water partition coefficient (Wildman–Crippen LogP) is 3.93. The van der Waals surface area contributed by atoms with Gasteiger partial charge in [-0.1, -0.05) is 37.3 Å². The third kappa shape index (κ3) is 5.35. The molecule has 0 unspecified atom stereocenters. The van der Waals surface area contributed by atoms with E-state index in [2.05, 4.69) is 9.88 Å². The van der Waals surface area contributed by atoms with E-state index in [1.165, 1.54) is 27.8 Å². The third-order valence-electron chi connectivity index (χ3n) is 5.19. The van der Waals surface area contributed by atoms with Crippen LogP contribution in [0.3, 0.4) is 0 Å². The Morgan fingerprint density at radius 1 is 0.969 bits per heavy atom. The van der Waals surface area contributed by atoms with E-state index in [0.717, 1.165) is 23.2 Å². The van der Waals surface area contributed by atoms with E-state index >= 15 is 0 Å². The number of nitrogens with zero attached hydrogens (tertiary/aromatic N) is 4. The number of benzene rings is 2. The number of amides is 1. The zero-order valence-corrected chi connectivity index (χ0v) is 20.6. The normalized spacial score (nSPS) is 12.1. The lowest BCUT2D eigenvalue weighted by molar-refractivity contribution is 0.0986. The van der Waals surface area contributed by atoms with Crippen molar-refractivity contribution >= 4 is 42.6 Å². The van der Waals surface area contributed by atoms with Crippen LogP contribution in [0.5, 0.6) is 0 Å². The summed E-state index contributed by atoms with van der Waals surface area (Å²) in [7, 11) is 0.433. The first-order chi connectivity index (χ1) is 15.3. The molecule has 0 fully saturated rings. The quantitative estimate of drug-likeness (QED) is 0.445. The number of hydrogen-bond acceptors (Lipinski definition) is 6. The minimum Gasteiger partial charge on any atom is -0.309 e. The van der Waals surface area contributed by atoms with Gasteiger partial charge in [0.15, 0.2) is 5.13 Å². The van der Waals surface area contributed by atoms with Gasteiger partial charge in [-0.15, -0.1) is 0 Å². The molecular weight excluding hydrogens is 444 g/mol. The molecule has 7 nitrogen and oxygen atoms in total. The number of aromatic nitrogens is 1. The number of sulfonamides is 1. The molecule has 1 amide bonds. The lowest BCUT2D eigenvalue weighted by Gasteiger charge is -2.22. The van der Waals surface area contributed by atoms with Gasteiger partial charge >= 0.3 is 0 Å². The first kappa shape index (κ1) is 24.3. The fourth-order valence-electron chi connectivity index (χ4n) is 3.44. The second kappa shape index (κ2) is 10.5. The van der Waals surface area contributed by atoms with E-state index in [1.54, 1.807) is 17.0 Å². The topological polar surface area (TPSA) is 73.8 Å². The maximum atomic E-state index is 13.4. The Bertz CT molecular complexity index is 1120. The molecular formula is C23H30N4O3S2. The van der Waals surface area contributed by atoms with Crippen LogP contribution in [0.2, 0.25) is 0 Å². The average Bonchev–Trinajstić information content (AvgIpc) is 3.20. The second-order valence-corrected chi connectivity index (χ2v) is 10.6. The number of para-hydroxylation sites is 1. The standard InChI is InChI=1S/C23H30N4O3S2/c1-5-26(6-2)32(29,30)19-14-12-18(13-15-19)22(28)27(17-9-16-25(3)4)23-24-20-10-7-8-11-21(20)31-23/h7-8,10-15H,5-6,9,16-17H2,1-4H3. The molecule has 0 saturated heterocycles. The van der Waals surface area contributed by atoms with Crippen molar-refractivity contribution < 1.29 is 13.2 Å². The Morgan fingerprint density at radius 2 is 1.62 bits per heavy atom. The largest absolute Gasteiger partial charge is 0.309 e. The first-order valence-corrected chi connectivity index (χ1v) is 13.0. The van der Waals surface area contributed by atoms with Gasteiger partial charge in [0.2, 0.25) is 10.0 Å². The van der Waals surface area contributed by atoms with Crippen molar-refractivity contribution in [2.45, 2.75) is 25.2 Å². The summed E-state index contributed by atoms with van der Waals surface area (Å²) in [6, 6.07) is 14.0. The molecule has 0 aliphatic rings. The van der Waals surface area contributed by atoms with E-state index in [0.29, 0.717) is 30.3 Å². The van der Waals surface area contributed by atoms with Gasteiger partial charge in [-0.25, -0.2) is 13.4 Å². The van der Waals surface area contributed by atoms with Crippen molar-refractivity contribution in [1.82, 2.24) is 14.2 Å². The molecule has 0 atom stereocenters. The summed E-state index contributed by atoms with van der Waals surface area (Å²) in [5.74, 6) is -0.186. The molecule has 0 radical (unpaired) electrons. The zero-order valence-electron chi connectivity index (χ0n) is 19.0. The Morgan fingerprint density at radius 3 is 2.22 bits per heavy atom. The third-order valence-corrected chi connectivity index (χ3v) is 8.31. The zero-order chi connectivity index (χ0) is 23.3. The van der Waals surface area contributed by atoms with Crippen molar-refractivity contribution in [3.8, 4) is 0 Å². The van der Waals surface area contributed by atoms with Crippen LogP contribution >= 0.6 is 11.3 Å². The molecule has 172 valence electrons. The summed E-state index contributed by atoms with van der Waals surface area (Å²) in [4.78, 5) is 22.1. The van der Waals surface area contributed by atoms with Gasteiger partial charge in [0.05, 0.1) is 15.1 Å². The van der Waals surface area contributed by atoms with Crippen LogP contribution in [-0.4, -0.2) is 68.8 Å². The summed E-state index contributed by atoms with van der Waals surface area (Å²) in [6.45, 7) is 5.78. The fraction of sp³-hybridized carbons (Fsp3) is 0.391. The van der Waals surface area contributed by atoms with Crippen LogP contribution in [0, 0.1) is 0 Å². The van der Waals surface area contributed by atoms with E-state index in [4.69, 9.17) is 0 Å². The number of thiazole rings is 1. The molecule has 3 aromatic rings. The number of carbonyl (C=O) groups is 1. The van der Waals surface area contributed by atoms with Gasteiger partial charge in [-0.3, -0.25) is 9.69 Å². The number of rotatable bonds is 10. The lowest BCUT2D eigenvalue weighted by atomic mass is 10.2. The highest BCUT2D eigenvalue weighted by molar-refractivity contribution is 7.89. The van der Waals surface area contributed by atoms with Crippen molar-refractivity contribution in [3.63, 3.8) is 0 Å². The highest BCUT2D eigenvalue weighted by Gasteiger charge is 2.24. The number of carbonyl (C=O) groups excluding carboxylic acids is 1. The molecule has 0 aliphatic heterocycles. The van der Waals surface area contributed by atoms with Gasteiger partial charge in [0, 0.05) is 25.2 Å². The molecule has 0 spiro atoms. The minimum atomic E-state index is -3.56. The molecule has 0 bridgehead atoms. The van der Waals surface area contributed by atoms with Crippen LogP contribution < -0.4 is 4.90 Å². The van der Waals surface area contributed by atoms with Crippen molar-refractivity contribution in [1.29, 1.82) is 0 Å². The average molecular weight is 475 g/mol. The fourth-order valence-corrected chi connectivity index (χ4v) is 5.89. The molecule has 1 heterocycles. The summed E-state index contributed by atoms with van der Waals surface area (Å²) in [5.41, 5.74) is 1.30. The van der Waals surface area contributed by atoms with Gasteiger partial charge in [-0.05, 0) is 63.5 Å². The van der Waals surface area contributed by atoms with Crippen LogP contribution in [0.25, 0.3) is 10.2 Å². The summed E-state index contributed by atoms with van der Waals surface area (Å²) in [6.07, 6.45) is 0.795. The maximum Gasteiger partial charge on any atom is 0.260 e. The summed E-state index contributed by atoms with van der Waals surface area (Å²) < 4.78 is 27.9. The summed E-state index contributed by atoms with van der Waals surface area (Å²) >= 11 is 1.48. The van der Waals surface area contributed by atoms with Gasteiger partial charge in [-0.2, -0.15) is 4.31 Å². The SMILES string of the molecule is CCN(CC)S(=O)(=O)c1ccc(C(=O)N(CCCN(C)C)c2nc3ccccc3s2)cc1. The van der Waals surface area contributed by atoms with Crippen LogP contribution in [0.4, 0.5) is 5.13 Å². The molecule has 32 heavy (non-hydrogen) atoms. The van der Waals surface area contributed by atoms with Crippen molar-refractivity contribution in [3.05, 3.63) is 54.1 Å². The summed E-state index contributed by atoms with van der Waals surface area (Å²) in [5, 5.41) is 0.648. The van der Waals surface area contributed by atoms with E-state index < -0.39 is 10.0 Å². The van der Waals surface area contributed by atoms with Gasteiger partial charge < -0.3 is 4.90 Å². The molecule has 3 rings (SSSR count). The molecule has 1 aromatic heterocycles. The number of anilines is 1. The van der Waals surface area contributed by atoms with Crippen LogP contribution in [0.15, 0.2) is 53.4 Å². The first-order valence-electron chi connectivity index (χ1n) is 10.7. The minimum absolute atomic E-state index is 0.186. The Hall–Kier alpha value is -2.33. The van der Waals surface area contributed by atoms with Crippen LogP contribution in [0.1, 0.15) is 30.6 Å². The Kier molecular flexibility index (Phi) is 8.00. The van der Waals surface area contributed by atoms with E-state index in [-0.39, 0.29) is 10.8 Å². The molecule has 0 aliphatic carbocycles. The molecule has 9 heteroatoms. The number of hydrogen-bond donors (Lipinski definition) is 0. The van der Waals surface area contributed by atoms with Gasteiger partial charge in [0.25, 0.3) is 5.91 Å². The highest BCUT2D eigenvalue weighted by Crippen LogP contribution is 2.30. The maximum absolute atomic E-state index is 13.4. The second-order valence-electron chi connectivity index (χ2n) is 7.69. The molecule has 0 N–H and O–H groups in total. The van der Waals surface area contributed by atoms with Crippen molar-refractivity contribution in [2.75, 3.05) is 45.2 Å². The van der Waals surface area contributed by atoms with Gasteiger partial charge in [0.1, 0.15) is 0 Å². The smallest absolute Gasteiger partial charge is 0.260 e.